The zero-order chi connectivity index (χ0) is 14.0. The van der Waals surface area contributed by atoms with Gasteiger partial charge in [0.25, 0.3) is 0 Å². The van der Waals surface area contributed by atoms with E-state index in [0.717, 1.165) is 0 Å². The van der Waals surface area contributed by atoms with Crippen molar-refractivity contribution in [2.75, 3.05) is 11.6 Å². The number of hydrazine groups is 1. The molecule has 8 heteroatoms. The zero-order valence-electron chi connectivity index (χ0n) is 10.0. The third-order valence-corrected chi connectivity index (χ3v) is 2.70. The highest BCUT2D eigenvalue weighted by Gasteiger charge is 2.18. The molecule has 1 heterocycles. The van der Waals surface area contributed by atoms with Crippen LogP contribution in [0.5, 0.6) is 0 Å². The Morgan fingerprint density at radius 1 is 1.58 bits per heavy atom. The molecule has 2 rings (SSSR count). The smallest absolute Gasteiger partial charge is 0.430 e. The van der Waals surface area contributed by atoms with Crippen LogP contribution in [0.25, 0.3) is 10.9 Å². The van der Waals surface area contributed by atoms with Gasteiger partial charge >= 0.3 is 11.8 Å². The van der Waals surface area contributed by atoms with E-state index in [4.69, 9.17) is 22.2 Å². The highest BCUT2D eigenvalue weighted by molar-refractivity contribution is 6.35. The largest absolute Gasteiger partial charge is 0.448 e. The van der Waals surface area contributed by atoms with Crippen molar-refractivity contribution in [3.8, 4) is 0 Å². The molecule has 0 bridgehead atoms. The number of fused-ring (bicyclic) bond motifs is 1. The summed E-state index contributed by atoms with van der Waals surface area (Å²) < 4.78 is 4.75. The number of carbonyl (C=O) groups excluding carboxylic acids is 1. The first-order valence-corrected chi connectivity index (χ1v) is 5.82. The van der Waals surface area contributed by atoms with Crippen LogP contribution in [-0.2, 0) is 4.74 Å². The molecule has 7 nitrogen and oxygen atoms in total. The molecule has 0 unspecified atom stereocenters. The molecule has 1 aromatic heterocycles. The van der Waals surface area contributed by atoms with Crippen molar-refractivity contribution in [2.45, 2.75) is 6.92 Å². The standard InChI is InChI=1S/C11H11ClN4O3/c1-2-19-11(18)16(13)9-6-4-3-5-7(12)8(6)14-10(17)15-9/h3-5H,2,13H2,1H3,(H,14,15,17). The lowest BCUT2D eigenvalue weighted by Crippen LogP contribution is -2.39. The third-order valence-electron chi connectivity index (χ3n) is 2.39. The van der Waals surface area contributed by atoms with E-state index in [1.165, 1.54) is 0 Å². The second kappa shape index (κ2) is 5.25. The topological polar surface area (TPSA) is 101 Å². The lowest BCUT2D eigenvalue weighted by molar-refractivity contribution is 0.159. The lowest BCUT2D eigenvalue weighted by Gasteiger charge is -2.16. The molecule has 0 spiro atoms. The van der Waals surface area contributed by atoms with Crippen LogP contribution < -0.4 is 16.5 Å². The van der Waals surface area contributed by atoms with Crippen molar-refractivity contribution in [3.05, 3.63) is 33.7 Å². The van der Waals surface area contributed by atoms with Crippen molar-refractivity contribution in [2.24, 2.45) is 5.84 Å². The molecule has 0 aliphatic heterocycles. The van der Waals surface area contributed by atoms with Crippen molar-refractivity contribution < 1.29 is 9.53 Å². The number of benzene rings is 1. The molecule has 0 atom stereocenters. The molecule has 0 fully saturated rings. The second-order valence-electron chi connectivity index (χ2n) is 3.60. The number of carbonyl (C=O) groups is 1. The van der Waals surface area contributed by atoms with Crippen LogP contribution in [0.2, 0.25) is 5.02 Å². The van der Waals surface area contributed by atoms with Crippen LogP contribution in [0.4, 0.5) is 10.6 Å². The Kier molecular flexibility index (Phi) is 3.68. The number of halogens is 1. The Morgan fingerprint density at radius 2 is 2.32 bits per heavy atom. The number of nitrogens with two attached hydrogens (primary N) is 1. The van der Waals surface area contributed by atoms with Crippen molar-refractivity contribution >= 4 is 34.4 Å². The summed E-state index contributed by atoms with van der Waals surface area (Å²) in [5, 5.41) is 1.45. The maximum absolute atomic E-state index is 11.6. The quantitative estimate of drug-likeness (QED) is 0.493. The summed E-state index contributed by atoms with van der Waals surface area (Å²) in [5.41, 5.74) is -0.297. The van der Waals surface area contributed by atoms with E-state index in [1.54, 1.807) is 25.1 Å². The number of aromatic amines is 1. The number of rotatable bonds is 2. The number of hydrogen-bond donors (Lipinski definition) is 2. The predicted molar refractivity (Wildman–Crippen MR) is 71.1 cm³/mol. The van der Waals surface area contributed by atoms with Gasteiger partial charge in [-0.3, -0.25) is 0 Å². The van der Waals surface area contributed by atoms with Crippen LogP contribution in [0.3, 0.4) is 0 Å². The zero-order valence-corrected chi connectivity index (χ0v) is 10.8. The minimum absolute atomic E-state index is 0.0142. The summed E-state index contributed by atoms with van der Waals surface area (Å²) in [7, 11) is 0. The molecule has 0 saturated heterocycles. The molecule has 0 radical (unpaired) electrons. The van der Waals surface area contributed by atoms with E-state index >= 15 is 0 Å². The normalized spacial score (nSPS) is 10.5. The monoisotopic (exact) mass is 282 g/mol. The molecular formula is C11H11ClN4O3. The Balaban J connectivity index is 2.63. The Morgan fingerprint density at radius 3 is 3.00 bits per heavy atom. The average Bonchev–Trinajstić information content (AvgIpc) is 2.38. The van der Waals surface area contributed by atoms with Gasteiger partial charge in [-0.1, -0.05) is 17.7 Å². The van der Waals surface area contributed by atoms with Crippen LogP contribution >= 0.6 is 11.6 Å². The Labute approximate surface area is 112 Å². The van der Waals surface area contributed by atoms with E-state index in [0.29, 0.717) is 20.9 Å². The van der Waals surface area contributed by atoms with E-state index in [2.05, 4.69) is 9.97 Å². The van der Waals surface area contributed by atoms with Crippen LogP contribution in [0.15, 0.2) is 23.0 Å². The van der Waals surface area contributed by atoms with Crippen molar-refractivity contribution in [3.63, 3.8) is 0 Å². The van der Waals surface area contributed by atoms with Crippen LogP contribution in [-0.4, -0.2) is 22.7 Å². The predicted octanol–water partition coefficient (Wildman–Crippen LogP) is 1.41. The van der Waals surface area contributed by atoms with E-state index in [-0.39, 0.29) is 12.4 Å². The number of hydrogen-bond acceptors (Lipinski definition) is 5. The third kappa shape index (κ3) is 2.51. The second-order valence-corrected chi connectivity index (χ2v) is 4.00. The minimum atomic E-state index is -0.804. The van der Waals surface area contributed by atoms with Gasteiger partial charge in [-0.2, -0.15) is 9.99 Å². The van der Waals surface area contributed by atoms with Gasteiger partial charge in [-0.15, -0.1) is 0 Å². The molecule has 1 amide bonds. The maximum Gasteiger partial charge on any atom is 0.430 e. The molecular weight excluding hydrogens is 272 g/mol. The van der Waals surface area contributed by atoms with Gasteiger partial charge in [0.15, 0.2) is 5.82 Å². The number of nitrogens with one attached hydrogen (secondary N) is 1. The SMILES string of the molecule is CCOC(=O)N(N)c1nc(=O)[nH]c2c(Cl)cccc12. The fourth-order valence-corrected chi connectivity index (χ4v) is 1.81. The first-order chi connectivity index (χ1) is 9.04. The fourth-order valence-electron chi connectivity index (χ4n) is 1.59. The first kappa shape index (κ1) is 13.3. The number of aromatic nitrogens is 2. The van der Waals surface area contributed by atoms with Crippen LogP contribution in [0.1, 0.15) is 6.92 Å². The Hall–Kier alpha value is -2.12. The van der Waals surface area contributed by atoms with Gasteiger partial charge in [0, 0.05) is 5.39 Å². The van der Waals surface area contributed by atoms with Crippen molar-refractivity contribution in [1.82, 2.24) is 9.97 Å². The highest BCUT2D eigenvalue weighted by atomic mass is 35.5. The lowest BCUT2D eigenvalue weighted by atomic mass is 10.2. The van der Waals surface area contributed by atoms with Crippen molar-refractivity contribution in [1.29, 1.82) is 0 Å². The summed E-state index contributed by atoms with van der Waals surface area (Å²) in [5.74, 6) is 5.60. The van der Waals surface area contributed by atoms with Gasteiger partial charge < -0.3 is 9.72 Å². The number of nitrogens with zero attached hydrogens (tertiary/aromatic N) is 2. The summed E-state index contributed by atoms with van der Waals surface area (Å²) in [6, 6.07) is 4.90. The number of ether oxygens (including phenoxy) is 1. The number of anilines is 1. The van der Waals surface area contributed by atoms with Crippen LogP contribution in [0, 0.1) is 0 Å². The average molecular weight is 283 g/mol. The molecule has 0 saturated carbocycles. The number of H-pyrrole nitrogens is 1. The van der Waals surface area contributed by atoms with E-state index < -0.39 is 11.8 Å². The van der Waals surface area contributed by atoms with Gasteiger partial charge in [-0.25, -0.2) is 15.4 Å². The Bertz CT molecular complexity index is 685. The van der Waals surface area contributed by atoms with E-state index in [1.807, 2.05) is 0 Å². The molecule has 2 aromatic rings. The molecule has 100 valence electrons. The summed E-state index contributed by atoms with van der Waals surface area (Å²) in [4.78, 5) is 29.2. The minimum Gasteiger partial charge on any atom is -0.448 e. The number of para-hydroxylation sites is 1. The first-order valence-electron chi connectivity index (χ1n) is 5.44. The molecule has 19 heavy (non-hydrogen) atoms. The molecule has 1 aromatic carbocycles. The summed E-state index contributed by atoms with van der Waals surface area (Å²) >= 11 is 5.97. The molecule has 3 N–H and O–H groups in total. The molecule has 0 aliphatic carbocycles. The highest BCUT2D eigenvalue weighted by Crippen LogP contribution is 2.25. The summed E-state index contributed by atoms with van der Waals surface area (Å²) in [6.07, 6.45) is -0.804. The fraction of sp³-hybridized carbons (Fsp3) is 0.182. The number of amides is 1. The van der Waals surface area contributed by atoms with Gasteiger partial charge in [0.2, 0.25) is 0 Å². The molecule has 0 aliphatic rings. The van der Waals surface area contributed by atoms with Gasteiger partial charge in [0.05, 0.1) is 17.1 Å². The maximum atomic E-state index is 11.6. The van der Waals surface area contributed by atoms with E-state index in [9.17, 15) is 9.59 Å². The van der Waals surface area contributed by atoms with Gasteiger partial charge in [-0.05, 0) is 19.1 Å². The van der Waals surface area contributed by atoms with Gasteiger partial charge in [0.1, 0.15) is 0 Å². The summed E-state index contributed by atoms with van der Waals surface area (Å²) in [6.45, 7) is 1.81.